The lowest BCUT2D eigenvalue weighted by Crippen LogP contribution is -2.14. The molecule has 2 N–H and O–H groups in total. The van der Waals surface area contributed by atoms with Crippen LogP contribution < -0.4 is 5.48 Å². The fourth-order valence-corrected chi connectivity index (χ4v) is 0.954. The maximum absolute atomic E-state index is 13.0. The Morgan fingerprint density at radius 3 is 1.62 bits per heavy atom. The van der Waals surface area contributed by atoms with Crippen LogP contribution in [0.15, 0.2) is 0 Å². The van der Waals surface area contributed by atoms with Gasteiger partial charge in [-0.3, -0.25) is 10.7 Å². The van der Waals surface area contributed by atoms with Gasteiger partial charge in [0.05, 0.1) is 5.56 Å². The van der Waals surface area contributed by atoms with Gasteiger partial charge < -0.3 is 0 Å². The largest absolute Gasteiger partial charge is 0.290 e. The van der Waals surface area contributed by atoms with E-state index >= 15 is 0 Å². The molecule has 0 aliphatic carbocycles. The van der Waals surface area contributed by atoms with E-state index in [1.165, 1.54) is 0 Å². The first-order valence-corrected chi connectivity index (χ1v) is 3.62. The lowest BCUT2D eigenvalue weighted by Gasteiger charge is -2.07. The molecule has 0 heterocycles. The van der Waals surface area contributed by atoms with Gasteiger partial charge in [0.25, 0.3) is 0 Å². The predicted octanol–water partition coefficient (Wildman–Crippen LogP) is 1.53. The second-order valence-corrected chi connectivity index (χ2v) is 2.53. The molecule has 0 aromatic heterocycles. The first-order valence-electron chi connectivity index (χ1n) is 3.62. The molecule has 8 heteroatoms. The molecule has 0 atom stereocenters. The van der Waals surface area contributed by atoms with Crippen LogP contribution in [-0.2, 0) is 4.79 Å². The van der Waals surface area contributed by atoms with Crippen LogP contribution in [0.25, 0.3) is 5.70 Å². The van der Waals surface area contributed by atoms with Crippen molar-refractivity contribution in [1.82, 2.24) is 5.48 Å². The summed E-state index contributed by atoms with van der Waals surface area (Å²) in [5.74, 6) is -10.5. The van der Waals surface area contributed by atoms with E-state index in [4.69, 9.17) is 5.21 Å². The average molecular weight is 239 g/mol. The zero-order valence-corrected chi connectivity index (χ0v) is 7.25. The summed E-state index contributed by atoms with van der Waals surface area (Å²) in [6, 6.07) is 0. The molecule has 0 unspecified atom stereocenters. The maximum Gasteiger partial charge on any atom is 0.200 e. The number of carbonyl (C=O) groups excluding carboxylic acids is 1. The SMILES string of the molecule is O=C=C(NO)c1c(F)c(F)c(F)c(F)c1F. The molecule has 0 radical (unpaired) electrons. The monoisotopic (exact) mass is 239 g/mol. The highest BCUT2D eigenvalue weighted by Crippen LogP contribution is 2.25. The van der Waals surface area contributed by atoms with Gasteiger partial charge in [0.15, 0.2) is 34.9 Å². The van der Waals surface area contributed by atoms with Crippen molar-refractivity contribution >= 4 is 11.6 Å². The molecule has 0 saturated heterocycles. The maximum atomic E-state index is 13.0. The smallest absolute Gasteiger partial charge is 0.200 e. The summed E-state index contributed by atoms with van der Waals surface area (Å²) in [5.41, 5.74) is -1.89. The number of rotatable bonds is 2. The number of benzene rings is 1. The summed E-state index contributed by atoms with van der Waals surface area (Å²) in [6.45, 7) is 0. The third-order valence-corrected chi connectivity index (χ3v) is 1.67. The lowest BCUT2D eigenvalue weighted by atomic mass is 10.1. The Hall–Kier alpha value is -1.92. The minimum atomic E-state index is -2.36. The van der Waals surface area contributed by atoms with Crippen molar-refractivity contribution in [3.05, 3.63) is 34.6 Å². The molecule has 1 aromatic rings. The Morgan fingerprint density at radius 1 is 0.938 bits per heavy atom. The van der Waals surface area contributed by atoms with Gasteiger partial charge in [0.1, 0.15) is 0 Å². The predicted molar refractivity (Wildman–Crippen MR) is 40.3 cm³/mol. The zero-order chi connectivity index (χ0) is 12.5. The van der Waals surface area contributed by atoms with Crippen LogP contribution in [0.1, 0.15) is 5.56 Å². The van der Waals surface area contributed by atoms with Crippen molar-refractivity contribution in [3.63, 3.8) is 0 Å². The molecule has 1 aromatic carbocycles. The lowest BCUT2D eigenvalue weighted by molar-refractivity contribution is 0.223. The molecular weight excluding hydrogens is 237 g/mol. The van der Waals surface area contributed by atoms with Gasteiger partial charge >= 0.3 is 0 Å². The summed E-state index contributed by atoms with van der Waals surface area (Å²) in [5, 5.41) is 8.26. The van der Waals surface area contributed by atoms with Gasteiger partial charge in [-0.25, -0.2) is 26.7 Å². The van der Waals surface area contributed by atoms with Crippen molar-refractivity contribution in [3.8, 4) is 0 Å². The molecule has 0 aliphatic rings. The summed E-state index contributed by atoms with van der Waals surface area (Å²) in [7, 11) is 0. The highest BCUT2D eigenvalue weighted by Gasteiger charge is 2.28. The van der Waals surface area contributed by atoms with E-state index in [1.54, 1.807) is 0 Å². The molecule has 0 spiro atoms. The molecular formula is C8H2F5NO2. The molecule has 0 saturated carbocycles. The zero-order valence-electron chi connectivity index (χ0n) is 7.25. The Kier molecular flexibility index (Phi) is 3.26. The van der Waals surface area contributed by atoms with Crippen LogP contribution in [0, 0.1) is 29.1 Å². The standard InChI is InChI=1S/C8H2F5NO2/c9-4-3(2(1-15)14-16)5(10)7(12)8(13)6(4)11/h14,16H. The van der Waals surface area contributed by atoms with Crippen LogP contribution in [0.4, 0.5) is 22.0 Å². The fourth-order valence-electron chi connectivity index (χ4n) is 0.954. The van der Waals surface area contributed by atoms with Crippen molar-refractivity contribution in [1.29, 1.82) is 0 Å². The summed E-state index contributed by atoms with van der Waals surface area (Å²) in [4.78, 5) is 10.1. The van der Waals surface area contributed by atoms with Crippen molar-refractivity contribution < 1.29 is 32.0 Å². The van der Waals surface area contributed by atoms with Crippen molar-refractivity contribution in [2.45, 2.75) is 0 Å². The number of hydrogen-bond donors (Lipinski definition) is 2. The van der Waals surface area contributed by atoms with E-state index in [0.717, 1.165) is 11.4 Å². The number of hydrogen-bond acceptors (Lipinski definition) is 3. The average Bonchev–Trinajstić information content (AvgIpc) is 2.29. The Labute approximate surface area is 84.8 Å². The minimum Gasteiger partial charge on any atom is -0.290 e. The van der Waals surface area contributed by atoms with Gasteiger partial charge in [-0.1, -0.05) is 0 Å². The third-order valence-electron chi connectivity index (χ3n) is 1.67. The first-order chi connectivity index (χ1) is 7.45. The first kappa shape index (κ1) is 12.2. The van der Waals surface area contributed by atoms with Gasteiger partial charge in [0.2, 0.25) is 5.82 Å². The molecule has 3 nitrogen and oxygen atoms in total. The topological polar surface area (TPSA) is 49.3 Å². The quantitative estimate of drug-likeness (QED) is 0.270. The number of halogens is 5. The summed E-state index contributed by atoms with van der Waals surface area (Å²) in [6.07, 6.45) is 0. The molecule has 1 rings (SSSR count). The second-order valence-electron chi connectivity index (χ2n) is 2.53. The fraction of sp³-hybridized carbons (Fsp3) is 0. The Balaban J connectivity index is 3.71. The number of hydroxylamine groups is 1. The van der Waals surface area contributed by atoms with Crippen LogP contribution in [0.3, 0.4) is 0 Å². The highest BCUT2D eigenvalue weighted by molar-refractivity contribution is 5.86. The minimum absolute atomic E-state index is 0.793. The van der Waals surface area contributed by atoms with Crippen molar-refractivity contribution in [2.75, 3.05) is 0 Å². The summed E-state index contributed by atoms with van der Waals surface area (Å²) < 4.78 is 63.7. The second kappa shape index (κ2) is 4.30. The van der Waals surface area contributed by atoms with E-state index < -0.39 is 40.3 Å². The van der Waals surface area contributed by atoms with E-state index in [2.05, 4.69) is 0 Å². The highest BCUT2D eigenvalue weighted by atomic mass is 19.2. The molecule has 0 bridgehead atoms. The third kappa shape index (κ3) is 1.64. The normalized spacial score (nSPS) is 9.88. The van der Waals surface area contributed by atoms with E-state index in [9.17, 15) is 26.7 Å². The Morgan fingerprint density at radius 2 is 1.31 bits per heavy atom. The van der Waals surface area contributed by atoms with Gasteiger partial charge in [-0.2, -0.15) is 0 Å². The van der Waals surface area contributed by atoms with Gasteiger partial charge in [0, 0.05) is 0 Å². The van der Waals surface area contributed by atoms with Crippen LogP contribution in [0.2, 0.25) is 0 Å². The van der Waals surface area contributed by atoms with E-state index in [-0.39, 0.29) is 0 Å². The van der Waals surface area contributed by atoms with E-state index in [1.807, 2.05) is 0 Å². The Bertz CT molecular complexity index is 467. The molecule has 16 heavy (non-hydrogen) atoms. The van der Waals surface area contributed by atoms with Crippen LogP contribution in [-0.4, -0.2) is 11.1 Å². The van der Waals surface area contributed by atoms with Crippen LogP contribution >= 0.6 is 0 Å². The van der Waals surface area contributed by atoms with Gasteiger partial charge in [-0.05, 0) is 0 Å². The molecule has 0 amide bonds. The van der Waals surface area contributed by atoms with E-state index in [0.29, 0.717) is 0 Å². The van der Waals surface area contributed by atoms with Gasteiger partial charge in [-0.15, -0.1) is 0 Å². The van der Waals surface area contributed by atoms with Crippen LogP contribution in [0.5, 0.6) is 0 Å². The van der Waals surface area contributed by atoms with Crippen molar-refractivity contribution in [2.24, 2.45) is 0 Å². The molecule has 0 aliphatic heterocycles. The number of nitrogens with one attached hydrogen (secondary N) is 1. The summed E-state index contributed by atoms with van der Waals surface area (Å²) >= 11 is 0. The molecule has 0 fully saturated rings. The molecule has 86 valence electrons.